The molecule has 6 heteroatoms. The van der Waals surface area contributed by atoms with Crippen molar-refractivity contribution in [2.24, 2.45) is 5.92 Å². The van der Waals surface area contributed by atoms with E-state index in [1.165, 1.54) is 5.56 Å². The van der Waals surface area contributed by atoms with Gasteiger partial charge in [-0.2, -0.15) is 0 Å². The van der Waals surface area contributed by atoms with Crippen LogP contribution in [-0.2, 0) is 16.1 Å². The minimum absolute atomic E-state index is 0.0931. The highest BCUT2D eigenvalue weighted by molar-refractivity contribution is 5.78. The SMILES string of the molecule is Cc1ccc(CNC(=O)C2CCN(CCC(=O)N3CCNCC3)CC2)cc1. The van der Waals surface area contributed by atoms with E-state index in [0.717, 1.165) is 64.2 Å². The van der Waals surface area contributed by atoms with Gasteiger partial charge >= 0.3 is 0 Å². The summed E-state index contributed by atoms with van der Waals surface area (Å²) < 4.78 is 0. The zero-order valence-corrected chi connectivity index (χ0v) is 16.4. The summed E-state index contributed by atoms with van der Waals surface area (Å²) in [5, 5.41) is 6.34. The minimum Gasteiger partial charge on any atom is -0.352 e. The van der Waals surface area contributed by atoms with Crippen LogP contribution in [0.15, 0.2) is 24.3 Å². The maximum atomic E-state index is 12.4. The molecule has 2 fully saturated rings. The first-order chi connectivity index (χ1) is 13.1. The highest BCUT2D eigenvalue weighted by Crippen LogP contribution is 2.18. The van der Waals surface area contributed by atoms with Crippen LogP contribution in [0.25, 0.3) is 0 Å². The number of hydrogen-bond donors (Lipinski definition) is 2. The van der Waals surface area contributed by atoms with Crippen molar-refractivity contribution in [3.05, 3.63) is 35.4 Å². The molecule has 2 aliphatic heterocycles. The zero-order valence-electron chi connectivity index (χ0n) is 16.4. The molecule has 0 spiro atoms. The van der Waals surface area contributed by atoms with Crippen LogP contribution in [0.1, 0.15) is 30.4 Å². The van der Waals surface area contributed by atoms with Crippen LogP contribution in [0.4, 0.5) is 0 Å². The van der Waals surface area contributed by atoms with Crippen LogP contribution < -0.4 is 10.6 Å². The first-order valence-electron chi connectivity index (χ1n) is 10.2. The predicted octanol–water partition coefficient (Wildman–Crippen LogP) is 1.15. The molecule has 2 saturated heterocycles. The van der Waals surface area contributed by atoms with Gasteiger partial charge in [0.25, 0.3) is 0 Å². The lowest BCUT2D eigenvalue weighted by Crippen LogP contribution is -2.47. The van der Waals surface area contributed by atoms with Crippen molar-refractivity contribution in [3.63, 3.8) is 0 Å². The molecule has 1 aromatic rings. The molecule has 6 nitrogen and oxygen atoms in total. The molecule has 0 radical (unpaired) electrons. The van der Waals surface area contributed by atoms with Crippen molar-refractivity contribution in [3.8, 4) is 0 Å². The van der Waals surface area contributed by atoms with Gasteiger partial charge in [0.05, 0.1) is 0 Å². The number of piperidine rings is 1. The van der Waals surface area contributed by atoms with Crippen LogP contribution in [0.3, 0.4) is 0 Å². The van der Waals surface area contributed by atoms with Crippen molar-refractivity contribution < 1.29 is 9.59 Å². The van der Waals surface area contributed by atoms with E-state index in [4.69, 9.17) is 0 Å². The topological polar surface area (TPSA) is 64.7 Å². The first kappa shape index (κ1) is 19.8. The Morgan fingerprint density at radius 3 is 2.41 bits per heavy atom. The van der Waals surface area contributed by atoms with Crippen molar-refractivity contribution >= 4 is 11.8 Å². The Morgan fingerprint density at radius 2 is 1.74 bits per heavy atom. The van der Waals surface area contributed by atoms with Crippen LogP contribution in [0.2, 0.25) is 0 Å². The van der Waals surface area contributed by atoms with Crippen LogP contribution >= 0.6 is 0 Å². The second-order valence-corrected chi connectivity index (χ2v) is 7.70. The Kier molecular flexibility index (Phi) is 7.24. The Labute approximate surface area is 162 Å². The monoisotopic (exact) mass is 372 g/mol. The number of aryl methyl sites for hydroxylation is 1. The van der Waals surface area contributed by atoms with Crippen LogP contribution in [0, 0.1) is 12.8 Å². The van der Waals surface area contributed by atoms with E-state index in [0.29, 0.717) is 13.0 Å². The standard InChI is InChI=1S/C21H32N4O2/c1-17-2-4-18(5-3-17)16-23-21(27)19-6-11-24(12-7-19)13-8-20(26)25-14-9-22-10-15-25/h2-5,19,22H,6-16H2,1H3,(H,23,27). The van der Waals surface area contributed by atoms with Gasteiger partial charge in [-0.1, -0.05) is 29.8 Å². The van der Waals surface area contributed by atoms with E-state index in [2.05, 4.69) is 46.7 Å². The van der Waals surface area contributed by atoms with Gasteiger partial charge in [0, 0.05) is 51.6 Å². The zero-order chi connectivity index (χ0) is 19.1. The average Bonchev–Trinajstić information content (AvgIpc) is 2.72. The van der Waals surface area contributed by atoms with E-state index in [9.17, 15) is 9.59 Å². The minimum atomic E-state index is 0.0931. The average molecular weight is 373 g/mol. The summed E-state index contributed by atoms with van der Waals surface area (Å²) in [6.07, 6.45) is 2.34. The smallest absolute Gasteiger partial charge is 0.223 e. The maximum Gasteiger partial charge on any atom is 0.223 e. The third-order valence-corrected chi connectivity index (χ3v) is 5.66. The third-order valence-electron chi connectivity index (χ3n) is 5.66. The summed E-state index contributed by atoms with van der Waals surface area (Å²) in [7, 11) is 0. The molecule has 0 atom stereocenters. The highest BCUT2D eigenvalue weighted by atomic mass is 16.2. The number of benzene rings is 1. The predicted molar refractivity (Wildman–Crippen MR) is 106 cm³/mol. The molecule has 0 aromatic heterocycles. The number of amides is 2. The van der Waals surface area contributed by atoms with Gasteiger partial charge in [-0.05, 0) is 38.4 Å². The van der Waals surface area contributed by atoms with Crippen LogP contribution in [-0.4, -0.2) is 67.4 Å². The normalized spacial score (nSPS) is 19.1. The van der Waals surface area contributed by atoms with Crippen molar-refractivity contribution in [2.45, 2.75) is 32.7 Å². The molecule has 0 aliphatic carbocycles. The molecule has 2 N–H and O–H groups in total. The second-order valence-electron chi connectivity index (χ2n) is 7.70. The largest absolute Gasteiger partial charge is 0.352 e. The Morgan fingerprint density at radius 1 is 1.07 bits per heavy atom. The number of carbonyl (C=O) groups is 2. The lowest BCUT2D eigenvalue weighted by Gasteiger charge is -2.32. The van der Waals surface area contributed by atoms with Gasteiger partial charge in [0.1, 0.15) is 0 Å². The molecule has 2 amide bonds. The van der Waals surface area contributed by atoms with Crippen molar-refractivity contribution in [2.75, 3.05) is 45.8 Å². The van der Waals surface area contributed by atoms with Gasteiger partial charge in [-0.3, -0.25) is 9.59 Å². The summed E-state index contributed by atoms with van der Waals surface area (Å²) in [4.78, 5) is 29.0. The van der Waals surface area contributed by atoms with E-state index in [1.807, 2.05) is 4.90 Å². The van der Waals surface area contributed by atoms with E-state index < -0.39 is 0 Å². The second kappa shape index (κ2) is 9.85. The molecule has 0 unspecified atom stereocenters. The van der Waals surface area contributed by atoms with Gasteiger partial charge in [0.2, 0.25) is 11.8 Å². The summed E-state index contributed by atoms with van der Waals surface area (Å²) >= 11 is 0. The van der Waals surface area contributed by atoms with E-state index in [1.54, 1.807) is 0 Å². The summed E-state index contributed by atoms with van der Waals surface area (Å²) in [5.74, 6) is 0.511. The summed E-state index contributed by atoms with van der Waals surface area (Å²) in [6.45, 7) is 8.70. The quantitative estimate of drug-likeness (QED) is 0.786. The summed E-state index contributed by atoms with van der Waals surface area (Å²) in [5.41, 5.74) is 2.37. The Bertz CT molecular complexity index is 618. The molecule has 2 heterocycles. The number of rotatable bonds is 6. The fraction of sp³-hybridized carbons (Fsp3) is 0.619. The number of nitrogens with one attached hydrogen (secondary N) is 2. The molecular formula is C21H32N4O2. The Hall–Kier alpha value is -1.92. The van der Waals surface area contributed by atoms with Gasteiger partial charge in [-0.15, -0.1) is 0 Å². The molecule has 2 aliphatic rings. The highest BCUT2D eigenvalue weighted by Gasteiger charge is 2.25. The van der Waals surface area contributed by atoms with Crippen LogP contribution in [0.5, 0.6) is 0 Å². The Balaban J connectivity index is 1.33. The molecule has 1 aromatic carbocycles. The lowest BCUT2D eigenvalue weighted by atomic mass is 9.95. The molecule has 0 bridgehead atoms. The molecule has 27 heavy (non-hydrogen) atoms. The number of nitrogens with zero attached hydrogens (tertiary/aromatic N) is 2. The lowest BCUT2D eigenvalue weighted by molar-refractivity contribution is -0.132. The van der Waals surface area contributed by atoms with Gasteiger partial charge in [0.15, 0.2) is 0 Å². The number of carbonyl (C=O) groups excluding carboxylic acids is 2. The number of piperazine rings is 1. The fourth-order valence-electron chi connectivity index (χ4n) is 3.78. The maximum absolute atomic E-state index is 12.4. The fourth-order valence-corrected chi connectivity index (χ4v) is 3.78. The molecule has 148 valence electrons. The number of likely N-dealkylation sites (tertiary alicyclic amines) is 1. The first-order valence-corrected chi connectivity index (χ1v) is 10.2. The van der Waals surface area contributed by atoms with Crippen molar-refractivity contribution in [1.29, 1.82) is 0 Å². The van der Waals surface area contributed by atoms with Gasteiger partial charge in [-0.25, -0.2) is 0 Å². The van der Waals surface area contributed by atoms with E-state index in [-0.39, 0.29) is 17.7 Å². The van der Waals surface area contributed by atoms with Crippen molar-refractivity contribution in [1.82, 2.24) is 20.4 Å². The molecular weight excluding hydrogens is 340 g/mol. The number of hydrogen-bond acceptors (Lipinski definition) is 4. The molecule has 3 rings (SSSR count). The van der Waals surface area contributed by atoms with Gasteiger partial charge < -0.3 is 20.4 Å². The third kappa shape index (κ3) is 6.04. The van der Waals surface area contributed by atoms with E-state index >= 15 is 0 Å². The summed E-state index contributed by atoms with van der Waals surface area (Å²) in [6, 6.07) is 8.27. The molecule has 0 saturated carbocycles.